The lowest BCUT2D eigenvalue weighted by molar-refractivity contribution is -0.136. The summed E-state index contributed by atoms with van der Waals surface area (Å²) in [6, 6.07) is 7.02. The number of likely N-dealkylation sites (tertiary alicyclic amines) is 1. The Bertz CT molecular complexity index is 1280. The van der Waals surface area contributed by atoms with E-state index in [0.717, 1.165) is 16.7 Å². The highest BCUT2D eigenvalue weighted by Gasteiger charge is 2.43. The molecule has 1 saturated heterocycles. The molecule has 2 fully saturated rings. The number of carbonyl (C=O) groups excluding carboxylic acids is 2. The van der Waals surface area contributed by atoms with Crippen molar-refractivity contribution in [3.05, 3.63) is 62.9 Å². The van der Waals surface area contributed by atoms with E-state index >= 15 is 0 Å². The van der Waals surface area contributed by atoms with E-state index in [4.69, 9.17) is 11.6 Å². The van der Waals surface area contributed by atoms with Crippen LogP contribution in [0.2, 0.25) is 5.02 Å². The summed E-state index contributed by atoms with van der Waals surface area (Å²) < 4.78 is 27.0. The smallest absolute Gasteiger partial charge is 0.257 e. The Morgan fingerprint density at radius 1 is 1.25 bits per heavy atom. The number of alkyl halides is 2. The summed E-state index contributed by atoms with van der Waals surface area (Å²) in [7, 11) is 0. The Hall–Kier alpha value is -3.31. The molecule has 6 nitrogen and oxygen atoms in total. The standard InChI is InChI=1S/C27H27ClF2N4O2/c1-16-20(9-18-4-7-34(8-5-18)26(36)19-3-6-27(29,30)13-19)11-23(28)12-24(16)33-25(35)22-10-21(14-31)17(2)32-15-22/h9-12,15,19H,3-8,13H2,1-2H3,(H,33,35). The first-order valence-electron chi connectivity index (χ1n) is 11.9. The molecule has 188 valence electrons. The van der Waals surface area contributed by atoms with Crippen LogP contribution in [-0.4, -0.2) is 40.7 Å². The minimum Gasteiger partial charge on any atom is -0.342 e. The molecule has 2 heterocycles. The molecule has 1 unspecified atom stereocenters. The number of hydrogen-bond donors (Lipinski definition) is 1. The van der Waals surface area contributed by atoms with Crippen molar-refractivity contribution in [3.8, 4) is 6.07 Å². The first-order chi connectivity index (χ1) is 17.1. The number of anilines is 1. The van der Waals surface area contributed by atoms with E-state index in [0.29, 0.717) is 47.9 Å². The SMILES string of the molecule is Cc1ncc(C(=O)Nc2cc(Cl)cc(C=C3CCN(C(=O)C4CCC(F)(F)C4)CC3)c2C)cc1C#N. The number of hydrogen-bond acceptors (Lipinski definition) is 4. The van der Waals surface area contributed by atoms with Gasteiger partial charge in [-0.25, -0.2) is 8.78 Å². The van der Waals surface area contributed by atoms with Gasteiger partial charge in [0.05, 0.1) is 16.8 Å². The molecule has 2 aromatic rings. The van der Waals surface area contributed by atoms with Gasteiger partial charge in [-0.05, 0) is 62.4 Å². The molecule has 0 radical (unpaired) electrons. The summed E-state index contributed by atoms with van der Waals surface area (Å²) >= 11 is 6.35. The molecular formula is C27H27ClF2N4O2. The highest BCUT2D eigenvalue weighted by atomic mass is 35.5. The third kappa shape index (κ3) is 5.73. The molecule has 4 rings (SSSR count). The number of nitriles is 1. The van der Waals surface area contributed by atoms with E-state index in [-0.39, 0.29) is 30.7 Å². The largest absolute Gasteiger partial charge is 0.342 e. The first kappa shape index (κ1) is 25.8. The number of amides is 2. The van der Waals surface area contributed by atoms with Gasteiger partial charge < -0.3 is 10.2 Å². The molecule has 1 saturated carbocycles. The molecule has 2 amide bonds. The van der Waals surface area contributed by atoms with Crippen molar-refractivity contribution in [2.45, 2.75) is 51.9 Å². The Kier molecular flexibility index (Phi) is 7.41. The van der Waals surface area contributed by atoms with Crippen LogP contribution in [0.5, 0.6) is 0 Å². The number of pyridine rings is 1. The maximum absolute atomic E-state index is 13.5. The monoisotopic (exact) mass is 512 g/mol. The molecule has 1 aromatic carbocycles. The van der Waals surface area contributed by atoms with Gasteiger partial charge in [0.25, 0.3) is 5.91 Å². The molecule has 36 heavy (non-hydrogen) atoms. The first-order valence-corrected chi connectivity index (χ1v) is 12.3. The number of nitrogens with one attached hydrogen (secondary N) is 1. The van der Waals surface area contributed by atoms with Gasteiger partial charge in [0.15, 0.2) is 0 Å². The Morgan fingerprint density at radius 2 is 1.97 bits per heavy atom. The summed E-state index contributed by atoms with van der Waals surface area (Å²) in [4.78, 5) is 31.3. The summed E-state index contributed by atoms with van der Waals surface area (Å²) in [5, 5.41) is 12.5. The zero-order valence-corrected chi connectivity index (χ0v) is 21.0. The van der Waals surface area contributed by atoms with Gasteiger partial charge >= 0.3 is 0 Å². The van der Waals surface area contributed by atoms with E-state index in [1.807, 2.05) is 25.1 Å². The molecular weight excluding hydrogens is 486 g/mol. The topological polar surface area (TPSA) is 86.1 Å². The van der Waals surface area contributed by atoms with Crippen LogP contribution < -0.4 is 5.32 Å². The van der Waals surface area contributed by atoms with Gasteiger partial charge in [0.1, 0.15) is 6.07 Å². The molecule has 0 spiro atoms. The van der Waals surface area contributed by atoms with Crippen LogP contribution in [0.15, 0.2) is 30.0 Å². The number of rotatable bonds is 4. The number of piperidine rings is 1. The predicted molar refractivity (Wildman–Crippen MR) is 134 cm³/mol. The predicted octanol–water partition coefficient (Wildman–Crippen LogP) is 5.92. The zero-order valence-electron chi connectivity index (χ0n) is 20.2. The molecule has 1 aliphatic heterocycles. The van der Waals surface area contributed by atoms with Gasteiger partial charge in [0.2, 0.25) is 11.8 Å². The minimum absolute atomic E-state index is 0.166. The second-order valence-electron chi connectivity index (χ2n) is 9.51. The van der Waals surface area contributed by atoms with E-state index < -0.39 is 17.7 Å². The average Bonchev–Trinajstić information content (AvgIpc) is 3.21. The van der Waals surface area contributed by atoms with Gasteiger partial charge in [-0.3, -0.25) is 14.6 Å². The number of aryl methyl sites for hydroxylation is 1. The van der Waals surface area contributed by atoms with Crippen molar-refractivity contribution in [2.75, 3.05) is 18.4 Å². The van der Waals surface area contributed by atoms with Crippen molar-refractivity contribution in [2.24, 2.45) is 5.92 Å². The maximum atomic E-state index is 13.5. The number of carbonyl (C=O) groups is 2. The number of aromatic nitrogens is 1. The molecule has 1 N–H and O–H groups in total. The van der Waals surface area contributed by atoms with Crippen LogP contribution in [0.3, 0.4) is 0 Å². The van der Waals surface area contributed by atoms with Crippen LogP contribution >= 0.6 is 11.6 Å². The van der Waals surface area contributed by atoms with E-state index in [2.05, 4.69) is 10.3 Å². The van der Waals surface area contributed by atoms with E-state index in [1.54, 1.807) is 17.9 Å². The lowest BCUT2D eigenvalue weighted by atomic mass is 9.96. The minimum atomic E-state index is -2.73. The fraction of sp³-hybridized carbons (Fsp3) is 0.407. The van der Waals surface area contributed by atoms with Gasteiger partial charge in [0, 0.05) is 48.8 Å². The highest BCUT2D eigenvalue weighted by molar-refractivity contribution is 6.31. The summed E-state index contributed by atoms with van der Waals surface area (Å²) in [6.45, 7) is 4.58. The van der Waals surface area contributed by atoms with Crippen molar-refractivity contribution in [1.29, 1.82) is 5.26 Å². The molecule has 0 bridgehead atoms. The lowest BCUT2D eigenvalue weighted by Gasteiger charge is -2.30. The van der Waals surface area contributed by atoms with Crippen LogP contribution in [0.1, 0.15) is 64.8 Å². The van der Waals surface area contributed by atoms with Crippen molar-refractivity contribution in [1.82, 2.24) is 9.88 Å². The lowest BCUT2D eigenvalue weighted by Crippen LogP contribution is -2.39. The molecule has 9 heteroatoms. The summed E-state index contributed by atoms with van der Waals surface area (Å²) in [5.74, 6) is -3.88. The van der Waals surface area contributed by atoms with Crippen molar-refractivity contribution < 1.29 is 18.4 Å². The fourth-order valence-corrected chi connectivity index (χ4v) is 4.97. The van der Waals surface area contributed by atoms with Crippen LogP contribution in [0.4, 0.5) is 14.5 Å². The molecule has 1 atom stereocenters. The third-order valence-corrected chi connectivity index (χ3v) is 7.18. The Morgan fingerprint density at radius 3 is 2.61 bits per heavy atom. The van der Waals surface area contributed by atoms with Gasteiger partial charge in [-0.1, -0.05) is 23.3 Å². The Balaban J connectivity index is 1.45. The molecule has 1 aromatic heterocycles. The maximum Gasteiger partial charge on any atom is 0.257 e. The normalized spacial score (nSPS) is 19.1. The quantitative estimate of drug-likeness (QED) is 0.551. The van der Waals surface area contributed by atoms with E-state index in [9.17, 15) is 23.6 Å². The average molecular weight is 513 g/mol. The van der Waals surface area contributed by atoms with Crippen molar-refractivity contribution in [3.63, 3.8) is 0 Å². The molecule has 1 aliphatic carbocycles. The Labute approximate surface area is 214 Å². The number of benzene rings is 1. The van der Waals surface area contributed by atoms with Crippen LogP contribution in [-0.2, 0) is 4.79 Å². The summed E-state index contributed by atoms with van der Waals surface area (Å²) in [5.41, 5.74) is 4.51. The van der Waals surface area contributed by atoms with E-state index in [1.165, 1.54) is 12.3 Å². The van der Waals surface area contributed by atoms with Gasteiger partial charge in [-0.2, -0.15) is 5.26 Å². The number of halogens is 3. The van der Waals surface area contributed by atoms with Crippen molar-refractivity contribution >= 4 is 35.2 Å². The number of nitrogens with zero attached hydrogens (tertiary/aromatic N) is 3. The molecule has 2 aliphatic rings. The fourth-order valence-electron chi connectivity index (χ4n) is 4.74. The second-order valence-corrected chi connectivity index (χ2v) is 9.95. The van der Waals surface area contributed by atoms with Crippen LogP contribution in [0.25, 0.3) is 6.08 Å². The second kappa shape index (κ2) is 10.4. The zero-order chi connectivity index (χ0) is 26.0. The van der Waals surface area contributed by atoms with Gasteiger partial charge in [-0.15, -0.1) is 0 Å². The third-order valence-electron chi connectivity index (χ3n) is 6.96. The summed E-state index contributed by atoms with van der Waals surface area (Å²) in [6.07, 6.45) is 4.42. The highest BCUT2D eigenvalue weighted by Crippen LogP contribution is 2.40. The van der Waals surface area contributed by atoms with Crippen LogP contribution in [0, 0.1) is 31.1 Å².